The van der Waals surface area contributed by atoms with Gasteiger partial charge in [-0.3, -0.25) is 4.79 Å². The summed E-state index contributed by atoms with van der Waals surface area (Å²) in [6.45, 7) is 0.152. The van der Waals surface area contributed by atoms with Crippen molar-refractivity contribution in [1.82, 2.24) is 9.78 Å². The van der Waals surface area contributed by atoms with E-state index in [9.17, 15) is 4.79 Å². The Labute approximate surface area is 122 Å². The van der Waals surface area contributed by atoms with Crippen LogP contribution in [0.1, 0.15) is 10.4 Å². The molecule has 112 valence electrons. The zero-order valence-corrected chi connectivity index (χ0v) is 12.1. The fourth-order valence-electron chi connectivity index (χ4n) is 2.02. The highest BCUT2D eigenvalue weighted by Gasteiger charge is 2.20. The van der Waals surface area contributed by atoms with Crippen LogP contribution in [-0.2, 0) is 11.5 Å². The molecule has 0 unspecified atom stereocenters. The molecule has 1 aromatic heterocycles. The Hall–Kier alpha value is -2.54. The molecule has 0 saturated carbocycles. The van der Waals surface area contributed by atoms with Gasteiger partial charge in [-0.15, -0.1) is 0 Å². The Bertz CT molecular complexity index is 652. The molecular weight excluding hydrogens is 274 g/mol. The molecular formula is C14H17N3O4. The SMILES string of the molecule is COCn1nc(-c2cc(OC)ccc2OC)c(C=O)c1N. The lowest BCUT2D eigenvalue weighted by Crippen LogP contribution is -2.06. The van der Waals surface area contributed by atoms with E-state index < -0.39 is 0 Å². The Balaban J connectivity index is 2.65. The van der Waals surface area contributed by atoms with Gasteiger partial charge in [0.25, 0.3) is 0 Å². The highest BCUT2D eigenvalue weighted by molar-refractivity contribution is 5.93. The second-order valence-electron chi connectivity index (χ2n) is 4.25. The van der Waals surface area contributed by atoms with Crippen molar-refractivity contribution in [3.8, 4) is 22.8 Å². The molecule has 2 rings (SSSR count). The van der Waals surface area contributed by atoms with E-state index in [1.165, 1.54) is 11.8 Å². The molecule has 0 bridgehead atoms. The number of hydrogen-bond acceptors (Lipinski definition) is 6. The van der Waals surface area contributed by atoms with Gasteiger partial charge >= 0.3 is 0 Å². The van der Waals surface area contributed by atoms with Gasteiger partial charge in [0.15, 0.2) is 6.29 Å². The number of ether oxygens (including phenoxy) is 3. The molecule has 1 heterocycles. The molecule has 1 aromatic carbocycles. The molecule has 0 saturated heterocycles. The number of methoxy groups -OCH3 is 3. The van der Waals surface area contributed by atoms with Crippen LogP contribution in [0.25, 0.3) is 11.3 Å². The Morgan fingerprint density at radius 1 is 1.29 bits per heavy atom. The van der Waals surface area contributed by atoms with Gasteiger partial charge in [-0.2, -0.15) is 5.10 Å². The summed E-state index contributed by atoms with van der Waals surface area (Å²) in [5.41, 5.74) is 7.26. The topological polar surface area (TPSA) is 88.6 Å². The number of nitrogens with zero attached hydrogens (tertiary/aromatic N) is 2. The van der Waals surface area contributed by atoms with Crippen LogP contribution >= 0.6 is 0 Å². The highest BCUT2D eigenvalue weighted by Crippen LogP contribution is 2.35. The average molecular weight is 291 g/mol. The number of nitrogens with two attached hydrogens (primary N) is 1. The maximum atomic E-state index is 11.3. The van der Waals surface area contributed by atoms with Gasteiger partial charge in [-0.05, 0) is 18.2 Å². The number of nitrogen functional groups attached to an aromatic ring is 1. The second-order valence-corrected chi connectivity index (χ2v) is 4.25. The zero-order valence-electron chi connectivity index (χ0n) is 12.1. The summed E-state index contributed by atoms with van der Waals surface area (Å²) < 4.78 is 16.9. The Morgan fingerprint density at radius 2 is 2.05 bits per heavy atom. The quantitative estimate of drug-likeness (QED) is 0.813. The summed E-state index contributed by atoms with van der Waals surface area (Å²) in [5, 5.41) is 4.32. The maximum Gasteiger partial charge on any atom is 0.156 e. The maximum absolute atomic E-state index is 11.3. The molecule has 7 nitrogen and oxygen atoms in total. The highest BCUT2D eigenvalue weighted by atomic mass is 16.5. The van der Waals surface area contributed by atoms with Gasteiger partial charge in [-0.1, -0.05) is 0 Å². The molecule has 0 radical (unpaired) electrons. The van der Waals surface area contributed by atoms with Crippen LogP contribution < -0.4 is 15.2 Å². The van der Waals surface area contributed by atoms with E-state index in [4.69, 9.17) is 19.9 Å². The van der Waals surface area contributed by atoms with E-state index in [2.05, 4.69) is 5.10 Å². The standard InChI is InChI=1S/C14H17N3O4/c1-19-8-17-14(15)11(7-18)13(16-17)10-6-9(20-2)4-5-12(10)21-3/h4-7H,8,15H2,1-3H3. The summed E-state index contributed by atoms with van der Waals surface area (Å²) >= 11 is 0. The first-order chi connectivity index (χ1) is 10.2. The summed E-state index contributed by atoms with van der Waals surface area (Å²) in [6, 6.07) is 5.25. The third-order valence-corrected chi connectivity index (χ3v) is 3.06. The lowest BCUT2D eigenvalue weighted by Gasteiger charge is -2.09. The predicted molar refractivity (Wildman–Crippen MR) is 77.6 cm³/mol. The lowest BCUT2D eigenvalue weighted by molar-refractivity contribution is 0.112. The van der Waals surface area contributed by atoms with E-state index in [0.29, 0.717) is 34.6 Å². The van der Waals surface area contributed by atoms with Crippen LogP contribution in [0, 0.1) is 0 Å². The fraction of sp³-hybridized carbons (Fsp3) is 0.286. The van der Waals surface area contributed by atoms with Gasteiger partial charge in [0.1, 0.15) is 29.7 Å². The first-order valence-corrected chi connectivity index (χ1v) is 6.19. The van der Waals surface area contributed by atoms with Crippen molar-refractivity contribution in [1.29, 1.82) is 0 Å². The van der Waals surface area contributed by atoms with Gasteiger partial charge in [0.2, 0.25) is 0 Å². The van der Waals surface area contributed by atoms with E-state index in [-0.39, 0.29) is 12.5 Å². The molecule has 2 aromatic rings. The van der Waals surface area contributed by atoms with E-state index in [1.807, 2.05) is 0 Å². The van der Waals surface area contributed by atoms with Crippen molar-refractivity contribution < 1.29 is 19.0 Å². The number of aldehydes is 1. The molecule has 0 aliphatic carbocycles. The molecule has 2 N–H and O–H groups in total. The summed E-state index contributed by atoms with van der Waals surface area (Å²) in [4.78, 5) is 11.3. The van der Waals surface area contributed by atoms with Crippen molar-refractivity contribution in [3.63, 3.8) is 0 Å². The number of rotatable bonds is 6. The molecule has 0 aliphatic heterocycles. The second kappa shape index (κ2) is 6.27. The number of hydrogen-bond donors (Lipinski definition) is 1. The minimum atomic E-state index is 0.152. The van der Waals surface area contributed by atoms with Crippen molar-refractivity contribution in [2.45, 2.75) is 6.73 Å². The van der Waals surface area contributed by atoms with Gasteiger partial charge in [0, 0.05) is 12.7 Å². The minimum Gasteiger partial charge on any atom is -0.497 e. The van der Waals surface area contributed by atoms with Crippen LogP contribution in [0.3, 0.4) is 0 Å². The van der Waals surface area contributed by atoms with Gasteiger partial charge < -0.3 is 19.9 Å². The van der Waals surface area contributed by atoms with Crippen LogP contribution in [-0.4, -0.2) is 37.4 Å². The lowest BCUT2D eigenvalue weighted by atomic mass is 10.1. The number of carbonyl (C=O) groups is 1. The molecule has 21 heavy (non-hydrogen) atoms. The van der Waals surface area contributed by atoms with E-state index in [1.54, 1.807) is 32.4 Å². The van der Waals surface area contributed by atoms with Crippen LogP contribution in [0.5, 0.6) is 11.5 Å². The predicted octanol–water partition coefficient (Wildman–Crippen LogP) is 1.57. The summed E-state index contributed by atoms with van der Waals surface area (Å²) in [6.07, 6.45) is 0.669. The van der Waals surface area contributed by atoms with Crippen LogP contribution in [0.15, 0.2) is 18.2 Å². The first kappa shape index (κ1) is 14.9. The number of anilines is 1. The number of carbonyl (C=O) groups excluding carboxylic acids is 1. The molecule has 0 amide bonds. The van der Waals surface area contributed by atoms with E-state index in [0.717, 1.165) is 0 Å². The van der Waals surface area contributed by atoms with E-state index >= 15 is 0 Å². The molecule has 0 atom stereocenters. The third kappa shape index (κ3) is 2.68. The van der Waals surface area contributed by atoms with Crippen LogP contribution in [0.4, 0.5) is 5.82 Å². The van der Waals surface area contributed by atoms with Crippen molar-refractivity contribution in [3.05, 3.63) is 23.8 Å². The molecule has 7 heteroatoms. The molecule has 0 spiro atoms. The smallest absolute Gasteiger partial charge is 0.156 e. The summed E-state index contributed by atoms with van der Waals surface area (Å²) in [7, 11) is 4.62. The Kier molecular flexibility index (Phi) is 4.44. The fourth-order valence-corrected chi connectivity index (χ4v) is 2.02. The molecule has 0 fully saturated rings. The largest absolute Gasteiger partial charge is 0.497 e. The summed E-state index contributed by atoms with van der Waals surface area (Å²) in [5.74, 6) is 1.44. The van der Waals surface area contributed by atoms with Crippen molar-refractivity contribution in [2.75, 3.05) is 27.1 Å². The van der Waals surface area contributed by atoms with Crippen LogP contribution in [0.2, 0.25) is 0 Å². The third-order valence-electron chi connectivity index (χ3n) is 3.06. The Morgan fingerprint density at radius 3 is 2.62 bits per heavy atom. The zero-order chi connectivity index (χ0) is 15.4. The average Bonchev–Trinajstić information content (AvgIpc) is 2.83. The minimum absolute atomic E-state index is 0.152. The monoisotopic (exact) mass is 291 g/mol. The van der Waals surface area contributed by atoms with Gasteiger partial charge in [0.05, 0.1) is 19.8 Å². The van der Waals surface area contributed by atoms with Crippen molar-refractivity contribution >= 4 is 12.1 Å². The number of aromatic nitrogens is 2. The molecule has 0 aliphatic rings. The first-order valence-electron chi connectivity index (χ1n) is 6.19. The number of benzene rings is 1. The van der Waals surface area contributed by atoms with Crippen molar-refractivity contribution in [2.24, 2.45) is 0 Å². The van der Waals surface area contributed by atoms with Gasteiger partial charge in [-0.25, -0.2) is 4.68 Å². The normalized spacial score (nSPS) is 10.4.